The Labute approximate surface area is 179 Å². The van der Waals surface area contributed by atoms with E-state index in [4.69, 9.17) is 9.15 Å². The van der Waals surface area contributed by atoms with Gasteiger partial charge in [-0.2, -0.15) is 0 Å². The second-order valence-electron chi connectivity index (χ2n) is 7.58. The topological polar surface area (TPSA) is 97.8 Å². The molecule has 31 heavy (non-hydrogen) atoms. The van der Waals surface area contributed by atoms with Gasteiger partial charge in [-0.15, -0.1) is 0 Å². The number of likely N-dealkylation sites (tertiary alicyclic amines) is 1. The molecule has 2 aromatic carbocycles. The van der Waals surface area contributed by atoms with Gasteiger partial charge in [-0.3, -0.25) is 10.1 Å². The molecule has 1 aliphatic heterocycles. The Bertz CT molecular complexity index is 1080. The van der Waals surface area contributed by atoms with Gasteiger partial charge in [0.2, 0.25) is 0 Å². The van der Waals surface area contributed by atoms with Crippen molar-refractivity contribution >= 4 is 23.0 Å². The number of nitro groups is 1. The van der Waals surface area contributed by atoms with Crippen LogP contribution < -0.4 is 5.32 Å². The van der Waals surface area contributed by atoms with Crippen molar-refractivity contribution in [1.82, 2.24) is 4.90 Å². The summed E-state index contributed by atoms with van der Waals surface area (Å²) in [6.07, 6.45) is 5.17. The minimum atomic E-state index is -0.442. The molecular formula is C23H23N3O5. The zero-order chi connectivity index (χ0) is 21.8. The molecule has 0 amide bonds. The predicted octanol–water partition coefficient (Wildman–Crippen LogP) is 4.85. The standard InChI is InChI=1S/C23H23N3O5/c1-25-10-3-6-20(25)15-31-23(27)17-4-2-5-19(12-17)24-21-8-7-16(13-22(21)26(28)29)18-9-11-30-14-18/h2,4-5,7-9,11-14,20,24H,3,6,10,15H2,1H3. The van der Waals surface area contributed by atoms with E-state index in [9.17, 15) is 14.9 Å². The molecule has 8 heteroatoms. The van der Waals surface area contributed by atoms with Crippen molar-refractivity contribution < 1.29 is 18.9 Å². The van der Waals surface area contributed by atoms with Gasteiger partial charge in [-0.1, -0.05) is 12.1 Å². The number of rotatable bonds is 7. The summed E-state index contributed by atoms with van der Waals surface area (Å²) in [4.78, 5) is 25.8. The Morgan fingerprint density at radius 2 is 2.13 bits per heavy atom. The molecule has 1 N–H and O–H groups in total. The third-order valence-corrected chi connectivity index (χ3v) is 5.50. The number of anilines is 2. The van der Waals surface area contributed by atoms with Crippen LogP contribution in [-0.4, -0.2) is 42.0 Å². The number of carbonyl (C=O) groups excluding carboxylic acids is 1. The number of furan rings is 1. The maximum atomic E-state index is 12.5. The highest BCUT2D eigenvalue weighted by Gasteiger charge is 2.23. The number of benzene rings is 2. The van der Waals surface area contributed by atoms with Gasteiger partial charge in [0.25, 0.3) is 5.69 Å². The number of nitrogens with zero attached hydrogens (tertiary/aromatic N) is 2. The largest absolute Gasteiger partial charge is 0.472 e. The Balaban J connectivity index is 1.49. The van der Waals surface area contributed by atoms with E-state index < -0.39 is 10.9 Å². The summed E-state index contributed by atoms with van der Waals surface area (Å²) in [5.41, 5.74) is 2.65. The average Bonchev–Trinajstić information content (AvgIpc) is 3.44. The highest BCUT2D eigenvalue weighted by molar-refractivity contribution is 5.91. The Morgan fingerprint density at radius 3 is 2.84 bits per heavy atom. The summed E-state index contributed by atoms with van der Waals surface area (Å²) in [6, 6.07) is 13.7. The predicted molar refractivity (Wildman–Crippen MR) is 116 cm³/mol. The molecule has 1 aromatic heterocycles. The van der Waals surface area contributed by atoms with Gasteiger partial charge < -0.3 is 19.4 Å². The number of ether oxygens (including phenoxy) is 1. The van der Waals surface area contributed by atoms with E-state index in [-0.39, 0.29) is 11.7 Å². The van der Waals surface area contributed by atoms with Crippen LogP contribution in [0.25, 0.3) is 11.1 Å². The number of hydrogen-bond donors (Lipinski definition) is 1. The molecule has 1 saturated heterocycles. The van der Waals surface area contributed by atoms with E-state index in [1.807, 2.05) is 7.05 Å². The van der Waals surface area contributed by atoms with Gasteiger partial charge in [0.1, 0.15) is 12.3 Å². The first kappa shape index (κ1) is 20.6. The molecule has 8 nitrogen and oxygen atoms in total. The molecule has 2 heterocycles. The van der Waals surface area contributed by atoms with E-state index in [1.54, 1.807) is 42.5 Å². The average molecular weight is 421 g/mol. The number of nitrogens with one attached hydrogen (secondary N) is 1. The summed E-state index contributed by atoms with van der Waals surface area (Å²) >= 11 is 0. The number of nitro benzene ring substituents is 1. The van der Waals surface area contributed by atoms with Crippen LogP contribution >= 0.6 is 0 Å². The van der Waals surface area contributed by atoms with Crippen molar-refractivity contribution in [3.63, 3.8) is 0 Å². The summed E-state index contributed by atoms with van der Waals surface area (Å²) < 4.78 is 10.5. The molecule has 0 aliphatic carbocycles. The fraction of sp³-hybridized carbons (Fsp3) is 0.261. The minimum absolute atomic E-state index is 0.0732. The molecule has 0 radical (unpaired) electrons. The van der Waals surface area contributed by atoms with Crippen LogP contribution in [0.15, 0.2) is 65.5 Å². The van der Waals surface area contributed by atoms with Crippen molar-refractivity contribution in [2.45, 2.75) is 18.9 Å². The van der Waals surface area contributed by atoms with Crippen LogP contribution in [0, 0.1) is 10.1 Å². The molecule has 0 saturated carbocycles. The lowest BCUT2D eigenvalue weighted by atomic mass is 10.1. The Morgan fingerprint density at radius 1 is 1.26 bits per heavy atom. The van der Waals surface area contributed by atoms with E-state index >= 15 is 0 Å². The third-order valence-electron chi connectivity index (χ3n) is 5.50. The number of likely N-dealkylation sites (N-methyl/N-ethyl adjacent to an activating group) is 1. The maximum absolute atomic E-state index is 12.5. The lowest BCUT2D eigenvalue weighted by molar-refractivity contribution is -0.383. The molecule has 160 valence electrons. The van der Waals surface area contributed by atoms with Gasteiger partial charge in [-0.05, 0) is 62.3 Å². The Kier molecular flexibility index (Phi) is 5.99. The first-order valence-corrected chi connectivity index (χ1v) is 10.1. The van der Waals surface area contributed by atoms with Crippen LogP contribution in [0.2, 0.25) is 0 Å². The summed E-state index contributed by atoms with van der Waals surface area (Å²) in [6.45, 7) is 1.37. The van der Waals surface area contributed by atoms with Gasteiger partial charge in [0.05, 0.1) is 23.0 Å². The van der Waals surface area contributed by atoms with Crippen LogP contribution in [0.4, 0.5) is 17.1 Å². The fourth-order valence-corrected chi connectivity index (χ4v) is 3.72. The van der Waals surface area contributed by atoms with Crippen LogP contribution in [0.1, 0.15) is 23.2 Å². The molecular weight excluding hydrogens is 398 g/mol. The van der Waals surface area contributed by atoms with Gasteiger partial charge in [0, 0.05) is 23.4 Å². The van der Waals surface area contributed by atoms with E-state index in [2.05, 4.69) is 10.2 Å². The number of esters is 1. The molecule has 1 unspecified atom stereocenters. The van der Waals surface area contributed by atoms with E-state index in [1.165, 1.54) is 18.6 Å². The van der Waals surface area contributed by atoms with Crippen LogP contribution in [0.3, 0.4) is 0 Å². The summed E-state index contributed by atoms with van der Waals surface area (Å²) in [5.74, 6) is -0.409. The van der Waals surface area contributed by atoms with E-state index in [0.29, 0.717) is 29.1 Å². The van der Waals surface area contributed by atoms with Crippen molar-refractivity contribution in [2.75, 3.05) is 25.5 Å². The van der Waals surface area contributed by atoms with E-state index in [0.717, 1.165) is 24.9 Å². The second-order valence-corrected chi connectivity index (χ2v) is 7.58. The lowest BCUT2D eigenvalue weighted by Crippen LogP contribution is -2.30. The van der Waals surface area contributed by atoms with Gasteiger partial charge >= 0.3 is 5.97 Å². The monoisotopic (exact) mass is 421 g/mol. The van der Waals surface area contributed by atoms with Crippen molar-refractivity contribution in [3.8, 4) is 11.1 Å². The Hall–Kier alpha value is -3.65. The molecule has 0 bridgehead atoms. The normalized spacial score (nSPS) is 16.2. The molecule has 1 aliphatic rings. The number of hydrogen-bond acceptors (Lipinski definition) is 7. The zero-order valence-electron chi connectivity index (χ0n) is 17.1. The molecule has 3 aromatic rings. The molecule has 1 fully saturated rings. The smallest absolute Gasteiger partial charge is 0.338 e. The first-order chi connectivity index (χ1) is 15.0. The second kappa shape index (κ2) is 9.01. The summed E-state index contributed by atoms with van der Waals surface area (Å²) in [7, 11) is 2.03. The van der Waals surface area contributed by atoms with Crippen molar-refractivity contribution in [1.29, 1.82) is 0 Å². The quantitative estimate of drug-likeness (QED) is 0.331. The zero-order valence-corrected chi connectivity index (χ0v) is 17.1. The summed E-state index contributed by atoms with van der Waals surface area (Å²) in [5, 5.41) is 14.7. The SMILES string of the molecule is CN1CCCC1COC(=O)c1cccc(Nc2ccc(-c3ccoc3)cc2[N+](=O)[O-])c1. The first-order valence-electron chi connectivity index (χ1n) is 10.1. The fourth-order valence-electron chi connectivity index (χ4n) is 3.72. The van der Waals surface area contributed by atoms with Gasteiger partial charge in [0.15, 0.2) is 0 Å². The highest BCUT2D eigenvalue weighted by Crippen LogP contribution is 2.33. The third kappa shape index (κ3) is 4.75. The van der Waals surface area contributed by atoms with Crippen LogP contribution in [-0.2, 0) is 4.74 Å². The lowest BCUT2D eigenvalue weighted by Gasteiger charge is -2.19. The molecule has 4 rings (SSSR count). The number of carbonyl (C=O) groups is 1. The molecule has 0 spiro atoms. The molecule has 1 atom stereocenters. The van der Waals surface area contributed by atoms with Crippen LogP contribution in [0.5, 0.6) is 0 Å². The van der Waals surface area contributed by atoms with Gasteiger partial charge in [-0.25, -0.2) is 4.79 Å². The maximum Gasteiger partial charge on any atom is 0.338 e. The highest BCUT2D eigenvalue weighted by atomic mass is 16.6. The van der Waals surface area contributed by atoms with Crippen molar-refractivity contribution in [2.24, 2.45) is 0 Å². The minimum Gasteiger partial charge on any atom is -0.472 e. The van der Waals surface area contributed by atoms with Crippen molar-refractivity contribution in [3.05, 3.63) is 76.7 Å².